The summed E-state index contributed by atoms with van der Waals surface area (Å²) in [5.74, 6) is 0. The van der Waals surface area contributed by atoms with Crippen LogP contribution in [0.4, 0.5) is 0 Å². The van der Waals surface area contributed by atoms with Crippen molar-refractivity contribution < 1.29 is 8.85 Å². The van der Waals surface area contributed by atoms with Crippen molar-refractivity contribution in [3.63, 3.8) is 0 Å². The summed E-state index contributed by atoms with van der Waals surface area (Å²) < 4.78 is 12.3. The van der Waals surface area contributed by atoms with E-state index in [1.54, 1.807) is 14.2 Å². The lowest BCUT2D eigenvalue weighted by Gasteiger charge is -2.26. The smallest absolute Gasteiger partial charge is 0.337 e. The third-order valence-corrected chi connectivity index (χ3v) is 6.69. The molecule has 0 aliphatic carbocycles. The van der Waals surface area contributed by atoms with E-state index in [0.717, 1.165) is 18.5 Å². The van der Waals surface area contributed by atoms with E-state index in [-0.39, 0.29) is 0 Å². The van der Waals surface area contributed by atoms with Crippen molar-refractivity contribution in [1.29, 1.82) is 0 Å². The number of alkyl halides is 1. The highest BCUT2D eigenvalue weighted by atomic mass is 127. The fraction of sp³-hybridized carbons (Fsp3) is 1.00. The van der Waals surface area contributed by atoms with Gasteiger partial charge >= 0.3 is 8.56 Å². The molecule has 0 saturated heterocycles. The van der Waals surface area contributed by atoms with E-state index in [1.165, 1.54) is 10.8 Å². The van der Waals surface area contributed by atoms with E-state index < -0.39 is 8.56 Å². The van der Waals surface area contributed by atoms with E-state index in [1.807, 2.05) is 0 Å². The predicted octanol–water partition coefficient (Wildman–Crippen LogP) is 2.96. The van der Waals surface area contributed by atoms with Crippen LogP contribution < -0.4 is 0 Å². The normalized spacial score (nSPS) is 12.0. The molecule has 0 aromatic carbocycles. The first-order valence-electron chi connectivity index (χ1n) is 4.41. The zero-order chi connectivity index (χ0) is 9.45. The quantitative estimate of drug-likeness (QED) is 0.409. The van der Waals surface area contributed by atoms with Crippen LogP contribution in [0.3, 0.4) is 0 Å². The second kappa shape index (κ2) is 7.29. The van der Waals surface area contributed by atoms with Crippen LogP contribution in [0.15, 0.2) is 0 Å². The van der Waals surface area contributed by atoms with Crippen molar-refractivity contribution in [2.45, 2.75) is 31.9 Å². The van der Waals surface area contributed by atoms with Crippen LogP contribution >= 0.6 is 22.6 Å². The third kappa shape index (κ3) is 4.20. The Labute approximate surface area is 90.4 Å². The fourth-order valence-corrected chi connectivity index (χ4v) is 5.15. The number of hydrogen-bond acceptors (Lipinski definition) is 2. The molecule has 0 radical (unpaired) electrons. The Morgan fingerprint density at radius 2 is 1.75 bits per heavy atom. The van der Waals surface area contributed by atoms with Crippen molar-refractivity contribution in [2.75, 3.05) is 18.6 Å². The highest BCUT2D eigenvalue weighted by molar-refractivity contribution is 14.1. The molecule has 0 unspecified atom stereocenters. The lowest BCUT2D eigenvalue weighted by Crippen LogP contribution is -2.39. The van der Waals surface area contributed by atoms with E-state index in [9.17, 15) is 0 Å². The molecule has 0 amide bonds. The molecule has 4 heteroatoms. The van der Waals surface area contributed by atoms with Crippen LogP contribution in [0, 0.1) is 0 Å². The molecule has 74 valence electrons. The molecule has 0 N–H and O–H groups in total. The monoisotopic (exact) mass is 302 g/mol. The Morgan fingerprint density at radius 1 is 1.17 bits per heavy atom. The van der Waals surface area contributed by atoms with Gasteiger partial charge in [-0.1, -0.05) is 35.9 Å². The van der Waals surface area contributed by atoms with Crippen molar-refractivity contribution >= 4 is 31.2 Å². The van der Waals surface area contributed by atoms with E-state index in [0.29, 0.717) is 0 Å². The van der Waals surface area contributed by atoms with Gasteiger partial charge in [0, 0.05) is 14.2 Å². The maximum atomic E-state index is 5.54. The molecular formula is C8H19IO2Si. The average Bonchev–Trinajstić information content (AvgIpc) is 2.13. The minimum absolute atomic E-state index is 1.12. The highest BCUT2D eigenvalue weighted by Gasteiger charge is 2.33. The first-order chi connectivity index (χ1) is 5.74. The summed E-state index contributed by atoms with van der Waals surface area (Å²) in [6, 6.07) is 2.26. The molecule has 0 aromatic rings. The number of hydrogen-bond donors (Lipinski definition) is 0. The summed E-state index contributed by atoms with van der Waals surface area (Å²) in [7, 11) is 1.81. The SMILES string of the molecule is CCC[Si](CCCI)(OC)OC. The fourth-order valence-electron chi connectivity index (χ4n) is 1.33. The van der Waals surface area contributed by atoms with Crippen LogP contribution in [0.1, 0.15) is 19.8 Å². The molecule has 0 atom stereocenters. The largest absolute Gasteiger partial charge is 0.398 e. The van der Waals surface area contributed by atoms with Gasteiger partial charge in [0.05, 0.1) is 0 Å². The Kier molecular flexibility index (Phi) is 7.81. The Morgan fingerprint density at radius 3 is 2.08 bits per heavy atom. The molecule has 0 rings (SSSR count). The van der Waals surface area contributed by atoms with E-state index in [2.05, 4.69) is 29.5 Å². The summed E-state index contributed by atoms with van der Waals surface area (Å²) in [5.41, 5.74) is 0. The van der Waals surface area contributed by atoms with Gasteiger partial charge in [0.25, 0.3) is 0 Å². The maximum absolute atomic E-state index is 5.54. The third-order valence-electron chi connectivity index (χ3n) is 2.07. The van der Waals surface area contributed by atoms with Gasteiger partial charge in [0.2, 0.25) is 0 Å². The topological polar surface area (TPSA) is 18.5 Å². The van der Waals surface area contributed by atoms with Crippen LogP contribution in [-0.4, -0.2) is 27.2 Å². The summed E-state index contributed by atoms with van der Waals surface area (Å²) >= 11 is 2.40. The second-order valence-corrected chi connectivity index (χ2v) is 7.58. The number of rotatable bonds is 7. The Hall–Kier alpha value is 0.867. The zero-order valence-electron chi connectivity index (χ0n) is 8.23. The molecular weight excluding hydrogens is 283 g/mol. The predicted molar refractivity (Wildman–Crippen MR) is 63.2 cm³/mol. The van der Waals surface area contributed by atoms with Gasteiger partial charge in [-0.2, -0.15) is 0 Å². The van der Waals surface area contributed by atoms with Gasteiger partial charge in [0.15, 0.2) is 0 Å². The van der Waals surface area contributed by atoms with E-state index >= 15 is 0 Å². The summed E-state index contributed by atoms with van der Waals surface area (Å²) in [4.78, 5) is 0. The molecule has 0 fully saturated rings. The summed E-state index contributed by atoms with van der Waals surface area (Å²) in [6.07, 6.45) is 2.38. The molecule has 0 bridgehead atoms. The van der Waals surface area contributed by atoms with Gasteiger partial charge in [-0.3, -0.25) is 0 Å². The van der Waals surface area contributed by atoms with Gasteiger partial charge in [-0.25, -0.2) is 0 Å². The average molecular weight is 302 g/mol. The molecule has 0 spiro atoms. The lowest BCUT2D eigenvalue weighted by molar-refractivity contribution is 0.240. The van der Waals surface area contributed by atoms with Crippen LogP contribution in [-0.2, 0) is 8.85 Å². The summed E-state index contributed by atoms with van der Waals surface area (Å²) in [6.45, 7) is 2.18. The van der Waals surface area contributed by atoms with Crippen LogP contribution in [0.5, 0.6) is 0 Å². The van der Waals surface area contributed by atoms with Crippen molar-refractivity contribution in [2.24, 2.45) is 0 Å². The first kappa shape index (κ1) is 12.9. The molecule has 0 aliphatic heterocycles. The van der Waals surface area contributed by atoms with Crippen molar-refractivity contribution in [1.82, 2.24) is 0 Å². The first-order valence-corrected chi connectivity index (χ1v) is 8.16. The maximum Gasteiger partial charge on any atom is 0.337 e. The lowest BCUT2D eigenvalue weighted by atomic mass is 10.6. The standard InChI is InChI=1S/C8H19IO2Si/c1-4-7-12(10-2,11-3)8-5-6-9/h4-8H2,1-3H3. The van der Waals surface area contributed by atoms with Crippen molar-refractivity contribution in [3.8, 4) is 0 Å². The van der Waals surface area contributed by atoms with Gasteiger partial charge < -0.3 is 8.85 Å². The molecule has 0 aliphatic rings. The molecule has 0 aromatic heterocycles. The Balaban J connectivity index is 3.95. The summed E-state index contributed by atoms with van der Waals surface area (Å²) in [5, 5.41) is 0. The minimum atomic E-state index is -1.77. The van der Waals surface area contributed by atoms with Gasteiger partial charge in [0.1, 0.15) is 0 Å². The second-order valence-electron chi connectivity index (χ2n) is 2.86. The van der Waals surface area contributed by atoms with Crippen molar-refractivity contribution in [3.05, 3.63) is 0 Å². The van der Waals surface area contributed by atoms with Gasteiger partial charge in [-0.15, -0.1) is 0 Å². The minimum Gasteiger partial charge on any atom is -0.398 e. The highest BCUT2D eigenvalue weighted by Crippen LogP contribution is 2.21. The molecule has 2 nitrogen and oxygen atoms in total. The van der Waals surface area contributed by atoms with E-state index in [4.69, 9.17) is 8.85 Å². The van der Waals surface area contributed by atoms with Crippen LogP contribution in [0.2, 0.25) is 12.1 Å². The Bertz CT molecular complexity index is 107. The zero-order valence-corrected chi connectivity index (χ0v) is 11.4. The molecule has 0 heterocycles. The number of halogens is 1. The molecule has 0 saturated carbocycles. The van der Waals surface area contributed by atoms with Gasteiger partial charge in [-0.05, 0) is 22.9 Å². The molecule has 12 heavy (non-hydrogen) atoms. The van der Waals surface area contributed by atoms with Crippen LogP contribution in [0.25, 0.3) is 0 Å².